The quantitative estimate of drug-likeness (QED) is 0.880. The van der Waals surface area contributed by atoms with Gasteiger partial charge in [-0.15, -0.1) is 0 Å². The Balaban J connectivity index is 2.18. The highest BCUT2D eigenvalue weighted by atomic mass is 79.9. The van der Waals surface area contributed by atoms with Gasteiger partial charge in [0, 0.05) is 23.0 Å². The zero-order chi connectivity index (χ0) is 13.0. The largest absolute Gasteiger partial charge is 0.326 e. The zero-order valence-corrected chi connectivity index (χ0v) is 11.5. The zero-order valence-electron chi connectivity index (χ0n) is 9.90. The molecule has 0 spiro atoms. The summed E-state index contributed by atoms with van der Waals surface area (Å²) in [5.74, 6) is 0.114. The number of ketones is 1. The van der Waals surface area contributed by atoms with E-state index in [1.807, 2.05) is 48.5 Å². The third-order valence-corrected chi connectivity index (χ3v) is 3.38. The summed E-state index contributed by atoms with van der Waals surface area (Å²) in [6, 6.07) is 15.2. The van der Waals surface area contributed by atoms with Crippen LogP contribution >= 0.6 is 15.9 Å². The van der Waals surface area contributed by atoms with Crippen molar-refractivity contribution in [3.63, 3.8) is 0 Å². The normalized spacial score (nSPS) is 10.3. The predicted octanol–water partition coefficient (Wildman–Crippen LogP) is 3.33. The van der Waals surface area contributed by atoms with Crippen molar-refractivity contribution in [1.29, 1.82) is 0 Å². The summed E-state index contributed by atoms with van der Waals surface area (Å²) in [5.41, 5.74) is 8.43. The average Bonchev–Trinajstić information content (AvgIpc) is 2.40. The maximum absolute atomic E-state index is 12.1. The van der Waals surface area contributed by atoms with Crippen molar-refractivity contribution in [1.82, 2.24) is 0 Å². The Hall–Kier alpha value is -1.45. The highest BCUT2D eigenvalue weighted by molar-refractivity contribution is 9.10. The van der Waals surface area contributed by atoms with Gasteiger partial charge in [-0.1, -0.05) is 52.3 Å². The Bertz CT molecular complexity index is 549. The first-order chi connectivity index (χ1) is 8.70. The first-order valence-corrected chi connectivity index (χ1v) is 6.55. The Morgan fingerprint density at radius 3 is 2.22 bits per heavy atom. The molecule has 0 aliphatic heterocycles. The van der Waals surface area contributed by atoms with Gasteiger partial charge >= 0.3 is 0 Å². The van der Waals surface area contributed by atoms with Crippen LogP contribution in [-0.4, -0.2) is 5.78 Å². The molecule has 0 heterocycles. The minimum Gasteiger partial charge on any atom is -0.326 e. The van der Waals surface area contributed by atoms with Gasteiger partial charge in [0.05, 0.1) is 0 Å². The number of carbonyl (C=O) groups is 1. The van der Waals surface area contributed by atoms with Crippen molar-refractivity contribution in [2.45, 2.75) is 13.0 Å². The summed E-state index contributed by atoms with van der Waals surface area (Å²) in [6.07, 6.45) is 0.398. The third-order valence-electron chi connectivity index (χ3n) is 2.86. The molecule has 0 aromatic heterocycles. The Morgan fingerprint density at radius 2 is 1.61 bits per heavy atom. The minimum absolute atomic E-state index is 0.114. The summed E-state index contributed by atoms with van der Waals surface area (Å²) in [7, 11) is 0. The van der Waals surface area contributed by atoms with E-state index in [0.717, 1.165) is 21.2 Å². The van der Waals surface area contributed by atoms with Gasteiger partial charge in [0.2, 0.25) is 0 Å². The lowest BCUT2D eigenvalue weighted by Crippen LogP contribution is -2.08. The number of nitrogens with two attached hydrogens (primary N) is 1. The van der Waals surface area contributed by atoms with Gasteiger partial charge in [-0.3, -0.25) is 4.79 Å². The van der Waals surface area contributed by atoms with Crippen molar-refractivity contribution in [2.75, 3.05) is 0 Å². The topological polar surface area (TPSA) is 43.1 Å². The smallest absolute Gasteiger partial charge is 0.167 e. The van der Waals surface area contributed by atoms with Crippen molar-refractivity contribution >= 4 is 21.7 Å². The maximum Gasteiger partial charge on any atom is 0.167 e. The SMILES string of the molecule is NCc1ccccc1CC(=O)c1ccc(Br)cc1. The second-order valence-corrected chi connectivity index (χ2v) is 5.00. The molecule has 3 heteroatoms. The molecule has 0 atom stereocenters. The predicted molar refractivity (Wildman–Crippen MR) is 76.5 cm³/mol. The number of rotatable bonds is 4. The van der Waals surface area contributed by atoms with Crippen LogP contribution < -0.4 is 5.73 Å². The van der Waals surface area contributed by atoms with Crippen LogP contribution in [-0.2, 0) is 13.0 Å². The van der Waals surface area contributed by atoms with E-state index in [-0.39, 0.29) is 5.78 Å². The molecule has 0 radical (unpaired) electrons. The van der Waals surface area contributed by atoms with Gasteiger partial charge in [0.15, 0.2) is 5.78 Å². The minimum atomic E-state index is 0.114. The fourth-order valence-electron chi connectivity index (χ4n) is 1.84. The lowest BCUT2D eigenvalue weighted by Gasteiger charge is -2.07. The van der Waals surface area contributed by atoms with Crippen LogP contribution in [0.25, 0.3) is 0 Å². The van der Waals surface area contributed by atoms with Gasteiger partial charge in [-0.2, -0.15) is 0 Å². The molecule has 0 fully saturated rings. The first kappa shape index (κ1) is 13.0. The third kappa shape index (κ3) is 3.06. The molecule has 0 unspecified atom stereocenters. The highest BCUT2D eigenvalue weighted by Crippen LogP contribution is 2.15. The van der Waals surface area contributed by atoms with Crippen LogP contribution in [0.4, 0.5) is 0 Å². The lowest BCUT2D eigenvalue weighted by atomic mass is 9.99. The molecule has 0 saturated heterocycles. The van der Waals surface area contributed by atoms with Crippen molar-refractivity contribution < 1.29 is 4.79 Å². The maximum atomic E-state index is 12.1. The summed E-state index contributed by atoms with van der Waals surface area (Å²) in [4.78, 5) is 12.1. The van der Waals surface area contributed by atoms with Gasteiger partial charge < -0.3 is 5.73 Å². The molecule has 2 aromatic rings. The van der Waals surface area contributed by atoms with E-state index in [1.54, 1.807) is 0 Å². The fraction of sp³-hybridized carbons (Fsp3) is 0.133. The summed E-state index contributed by atoms with van der Waals surface area (Å²) in [6.45, 7) is 0.462. The van der Waals surface area contributed by atoms with E-state index in [4.69, 9.17) is 5.73 Å². The summed E-state index contributed by atoms with van der Waals surface area (Å²) >= 11 is 3.36. The van der Waals surface area contributed by atoms with Crippen LogP contribution in [0.1, 0.15) is 21.5 Å². The molecule has 92 valence electrons. The molecular formula is C15H14BrNO. The Morgan fingerprint density at radius 1 is 1.00 bits per heavy atom. The van der Waals surface area contributed by atoms with Crippen molar-refractivity contribution in [3.05, 3.63) is 69.7 Å². The monoisotopic (exact) mass is 303 g/mol. The number of benzene rings is 2. The van der Waals surface area contributed by atoms with E-state index in [0.29, 0.717) is 13.0 Å². The number of hydrogen-bond donors (Lipinski definition) is 1. The summed E-state index contributed by atoms with van der Waals surface area (Å²) in [5, 5.41) is 0. The Labute approximate surface area is 115 Å². The van der Waals surface area contributed by atoms with Gasteiger partial charge in [0.25, 0.3) is 0 Å². The second-order valence-electron chi connectivity index (χ2n) is 4.08. The van der Waals surface area contributed by atoms with Gasteiger partial charge in [-0.25, -0.2) is 0 Å². The first-order valence-electron chi connectivity index (χ1n) is 5.76. The van der Waals surface area contributed by atoms with E-state index >= 15 is 0 Å². The van der Waals surface area contributed by atoms with Crippen LogP contribution in [0.2, 0.25) is 0 Å². The second kappa shape index (κ2) is 5.94. The molecule has 2 N–H and O–H groups in total. The molecule has 2 aromatic carbocycles. The molecule has 18 heavy (non-hydrogen) atoms. The van der Waals surface area contributed by atoms with E-state index in [1.165, 1.54) is 0 Å². The van der Waals surface area contributed by atoms with Crippen molar-refractivity contribution in [2.24, 2.45) is 5.73 Å². The molecule has 2 nitrogen and oxygen atoms in total. The molecule has 0 aliphatic rings. The van der Waals surface area contributed by atoms with Crippen molar-refractivity contribution in [3.8, 4) is 0 Å². The molecule has 2 rings (SSSR count). The number of hydrogen-bond acceptors (Lipinski definition) is 2. The highest BCUT2D eigenvalue weighted by Gasteiger charge is 2.09. The van der Waals surface area contributed by atoms with E-state index < -0.39 is 0 Å². The molecular weight excluding hydrogens is 290 g/mol. The molecule has 0 amide bonds. The van der Waals surface area contributed by atoms with Crippen LogP contribution in [0.5, 0.6) is 0 Å². The fourth-order valence-corrected chi connectivity index (χ4v) is 2.10. The van der Waals surface area contributed by atoms with E-state index in [9.17, 15) is 4.79 Å². The van der Waals surface area contributed by atoms with Gasteiger partial charge in [0.1, 0.15) is 0 Å². The molecule has 0 bridgehead atoms. The summed E-state index contributed by atoms with van der Waals surface area (Å²) < 4.78 is 0.974. The number of halogens is 1. The average molecular weight is 304 g/mol. The van der Waals surface area contributed by atoms with E-state index in [2.05, 4.69) is 15.9 Å². The molecule has 0 aliphatic carbocycles. The number of Topliss-reactive ketones (excluding diaryl/α,β-unsaturated/α-hetero) is 1. The standard InChI is InChI=1S/C15H14BrNO/c16-14-7-5-11(6-8-14)15(18)9-12-3-1-2-4-13(12)10-17/h1-8H,9-10,17H2. The molecule has 0 saturated carbocycles. The van der Waals surface area contributed by atoms with Gasteiger partial charge in [-0.05, 0) is 23.3 Å². The Kier molecular flexibility index (Phi) is 4.28. The van der Waals surface area contributed by atoms with Crippen LogP contribution in [0.3, 0.4) is 0 Å². The number of carbonyl (C=O) groups excluding carboxylic acids is 1. The lowest BCUT2D eigenvalue weighted by molar-refractivity contribution is 0.0992. The van der Waals surface area contributed by atoms with Crippen LogP contribution in [0.15, 0.2) is 53.0 Å². The van der Waals surface area contributed by atoms with Crippen LogP contribution in [0, 0.1) is 0 Å².